The Hall–Kier alpha value is -1.77. The fourth-order valence-electron chi connectivity index (χ4n) is 2.77. The van der Waals surface area contributed by atoms with Gasteiger partial charge in [0.1, 0.15) is 11.6 Å². The number of aromatic nitrogens is 1. The van der Waals surface area contributed by atoms with Crippen molar-refractivity contribution in [1.82, 2.24) is 15.2 Å². The van der Waals surface area contributed by atoms with Crippen LogP contribution in [0.2, 0.25) is 0 Å². The number of hydrogen-bond acceptors (Lipinski definition) is 4. The van der Waals surface area contributed by atoms with Crippen LogP contribution in [0.15, 0.2) is 52.2 Å². The molecule has 130 valence electrons. The Balaban J connectivity index is 0.00000208. The Morgan fingerprint density at radius 3 is 2.67 bits per heavy atom. The first-order chi connectivity index (χ1) is 11.4. The SMILES string of the molecule is CN=C(NCCc1ccco1)N1CCN(c2ccccn2)CC1.I. The summed E-state index contributed by atoms with van der Waals surface area (Å²) in [5.41, 5.74) is 0. The van der Waals surface area contributed by atoms with Crippen LogP contribution in [0.4, 0.5) is 5.82 Å². The number of nitrogens with zero attached hydrogens (tertiary/aromatic N) is 4. The van der Waals surface area contributed by atoms with Gasteiger partial charge in [0.25, 0.3) is 0 Å². The molecule has 1 saturated heterocycles. The van der Waals surface area contributed by atoms with E-state index in [1.165, 1.54) is 0 Å². The third-order valence-corrected chi connectivity index (χ3v) is 4.00. The number of piperazine rings is 1. The van der Waals surface area contributed by atoms with E-state index in [1.54, 1.807) is 6.26 Å². The van der Waals surface area contributed by atoms with Crippen molar-refractivity contribution in [1.29, 1.82) is 0 Å². The molecule has 0 aliphatic carbocycles. The van der Waals surface area contributed by atoms with Crippen LogP contribution in [0, 0.1) is 0 Å². The van der Waals surface area contributed by atoms with Crippen LogP contribution in [0.25, 0.3) is 0 Å². The van der Waals surface area contributed by atoms with E-state index < -0.39 is 0 Å². The summed E-state index contributed by atoms with van der Waals surface area (Å²) in [7, 11) is 1.83. The minimum Gasteiger partial charge on any atom is -0.469 e. The molecule has 1 fully saturated rings. The predicted molar refractivity (Wildman–Crippen MR) is 107 cm³/mol. The molecule has 0 saturated carbocycles. The van der Waals surface area contributed by atoms with Crippen molar-refractivity contribution in [2.75, 3.05) is 44.7 Å². The highest BCUT2D eigenvalue weighted by Gasteiger charge is 2.20. The van der Waals surface area contributed by atoms with E-state index in [9.17, 15) is 0 Å². The summed E-state index contributed by atoms with van der Waals surface area (Å²) in [6.45, 7) is 4.61. The van der Waals surface area contributed by atoms with Gasteiger partial charge in [-0.1, -0.05) is 6.07 Å². The van der Waals surface area contributed by atoms with Crippen LogP contribution in [-0.2, 0) is 6.42 Å². The molecule has 1 aliphatic heterocycles. The minimum atomic E-state index is 0. The molecule has 6 nitrogen and oxygen atoms in total. The number of anilines is 1. The molecule has 24 heavy (non-hydrogen) atoms. The molecular formula is C17H24IN5O. The van der Waals surface area contributed by atoms with Gasteiger partial charge in [-0.15, -0.1) is 24.0 Å². The lowest BCUT2D eigenvalue weighted by molar-refractivity contribution is 0.371. The van der Waals surface area contributed by atoms with Gasteiger partial charge in [-0.2, -0.15) is 0 Å². The molecule has 3 heterocycles. The van der Waals surface area contributed by atoms with Crippen LogP contribution < -0.4 is 10.2 Å². The van der Waals surface area contributed by atoms with E-state index in [0.29, 0.717) is 0 Å². The Labute approximate surface area is 160 Å². The van der Waals surface area contributed by atoms with E-state index >= 15 is 0 Å². The number of halogens is 1. The van der Waals surface area contributed by atoms with Crippen LogP contribution in [0.3, 0.4) is 0 Å². The Morgan fingerprint density at radius 1 is 1.21 bits per heavy atom. The van der Waals surface area contributed by atoms with Gasteiger partial charge in [0.05, 0.1) is 6.26 Å². The molecule has 0 aromatic carbocycles. The van der Waals surface area contributed by atoms with E-state index in [-0.39, 0.29) is 24.0 Å². The van der Waals surface area contributed by atoms with Crippen molar-refractivity contribution >= 4 is 35.8 Å². The van der Waals surface area contributed by atoms with E-state index in [1.807, 2.05) is 37.5 Å². The molecule has 0 unspecified atom stereocenters. The lowest BCUT2D eigenvalue weighted by atomic mass is 10.3. The van der Waals surface area contributed by atoms with Gasteiger partial charge < -0.3 is 19.5 Å². The van der Waals surface area contributed by atoms with Crippen molar-refractivity contribution in [2.24, 2.45) is 4.99 Å². The minimum absolute atomic E-state index is 0. The monoisotopic (exact) mass is 441 g/mol. The molecule has 2 aromatic rings. The molecule has 2 aromatic heterocycles. The van der Waals surface area contributed by atoms with Crippen LogP contribution in [0.1, 0.15) is 5.76 Å². The molecule has 0 radical (unpaired) electrons. The van der Waals surface area contributed by atoms with Gasteiger partial charge in [0.2, 0.25) is 0 Å². The lowest BCUT2D eigenvalue weighted by Gasteiger charge is -2.37. The second kappa shape index (κ2) is 9.51. The van der Waals surface area contributed by atoms with Crippen LogP contribution >= 0.6 is 24.0 Å². The van der Waals surface area contributed by atoms with Crippen molar-refractivity contribution in [3.8, 4) is 0 Å². The number of nitrogens with one attached hydrogen (secondary N) is 1. The standard InChI is InChI=1S/C17H23N5O.HI/c1-18-17(20-9-7-15-5-4-14-23-15)22-12-10-21(11-13-22)16-6-2-3-8-19-16;/h2-6,8,14H,7,9-13H2,1H3,(H,18,20);1H. The number of aliphatic imine (C=N–C) groups is 1. The normalized spacial score (nSPS) is 15.1. The summed E-state index contributed by atoms with van der Waals surface area (Å²) in [4.78, 5) is 13.4. The lowest BCUT2D eigenvalue weighted by Crippen LogP contribution is -2.53. The van der Waals surface area contributed by atoms with Crippen LogP contribution in [0.5, 0.6) is 0 Å². The van der Waals surface area contributed by atoms with E-state index in [0.717, 1.165) is 56.7 Å². The predicted octanol–water partition coefficient (Wildman–Crippen LogP) is 2.23. The summed E-state index contributed by atoms with van der Waals surface area (Å²) in [5, 5.41) is 3.41. The van der Waals surface area contributed by atoms with Crippen LogP contribution in [-0.4, -0.2) is 55.6 Å². The summed E-state index contributed by atoms with van der Waals surface area (Å²) in [6.07, 6.45) is 4.41. The van der Waals surface area contributed by atoms with Crippen molar-refractivity contribution < 1.29 is 4.42 Å². The highest BCUT2D eigenvalue weighted by atomic mass is 127. The van der Waals surface area contributed by atoms with Gasteiger partial charge in [0.15, 0.2) is 5.96 Å². The average molecular weight is 441 g/mol. The van der Waals surface area contributed by atoms with Gasteiger partial charge >= 0.3 is 0 Å². The largest absolute Gasteiger partial charge is 0.469 e. The summed E-state index contributed by atoms with van der Waals surface area (Å²) >= 11 is 0. The number of furan rings is 1. The number of rotatable bonds is 4. The molecular weight excluding hydrogens is 417 g/mol. The zero-order chi connectivity index (χ0) is 15.9. The maximum atomic E-state index is 5.35. The van der Waals surface area contributed by atoms with Gasteiger partial charge in [-0.05, 0) is 24.3 Å². The number of pyridine rings is 1. The second-order valence-corrected chi connectivity index (χ2v) is 5.47. The number of guanidine groups is 1. The fraction of sp³-hybridized carbons (Fsp3) is 0.412. The maximum Gasteiger partial charge on any atom is 0.193 e. The Bertz CT molecular complexity index is 609. The Morgan fingerprint density at radius 2 is 2.04 bits per heavy atom. The molecule has 0 bridgehead atoms. The third kappa shape index (κ3) is 4.86. The van der Waals surface area contributed by atoms with E-state index in [2.05, 4.69) is 31.2 Å². The fourth-order valence-corrected chi connectivity index (χ4v) is 2.77. The van der Waals surface area contributed by atoms with Crippen molar-refractivity contribution in [2.45, 2.75) is 6.42 Å². The molecule has 7 heteroatoms. The first kappa shape index (κ1) is 18.6. The first-order valence-electron chi connectivity index (χ1n) is 8.01. The second-order valence-electron chi connectivity index (χ2n) is 5.47. The Kier molecular flexibility index (Phi) is 7.36. The zero-order valence-electron chi connectivity index (χ0n) is 13.9. The molecule has 1 N–H and O–H groups in total. The molecule has 0 atom stereocenters. The summed E-state index contributed by atoms with van der Waals surface area (Å²) in [6, 6.07) is 9.96. The number of hydrogen-bond donors (Lipinski definition) is 1. The topological polar surface area (TPSA) is 56.9 Å². The third-order valence-electron chi connectivity index (χ3n) is 4.00. The van der Waals surface area contributed by atoms with E-state index in [4.69, 9.17) is 4.42 Å². The maximum absolute atomic E-state index is 5.35. The molecule has 0 amide bonds. The molecule has 3 rings (SSSR count). The summed E-state index contributed by atoms with van der Waals surface area (Å²) in [5.74, 6) is 3.00. The molecule has 1 aliphatic rings. The van der Waals surface area contributed by atoms with Gasteiger partial charge in [0, 0.05) is 52.4 Å². The van der Waals surface area contributed by atoms with Crippen molar-refractivity contribution in [3.05, 3.63) is 48.6 Å². The summed E-state index contributed by atoms with van der Waals surface area (Å²) < 4.78 is 5.35. The quantitative estimate of drug-likeness (QED) is 0.448. The highest BCUT2D eigenvalue weighted by molar-refractivity contribution is 14.0. The average Bonchev–Trinajstić information content (AvgIpc) is 3.13. The smallest absolute Gasteiger partial charge is 0.193 e. The van der Waals surface area contributed by atoms with Gasteiger partial charge in [-0.25, -0.2) is 4.98 Å². The highest BCUT2D eigenvalue weighted by Crippen LogP contribution is 2.12. The molecule has 0 spiro atoms. The first-order valence-corrected chi connectivity index (χ1v) is 8.01. The van der Waals surface area contributed by atoms with Crippen molar-refractivity contribution in [3.63, 3.8) is 0 Å². The zero-order valence-corrected chi connectivity index (χ0v) is 16.2. The van der Waals surface area contributed by atoms with Gasteiger partial charge in [-0.3, -0.25) is 4.99 Å².